The molecule has 6 heteroatoms. The lowest BCUT2D eigenvalue weighted by atomic mass is 10.2. The van der Waals surface area contributed by atoms with Gasteiger partial charge in [-0.1, -0.05) is 12.1 Å². The fraction of sp³-hybridized carbons (Fsp3) is 0.273. The molecule has 0 saturated heterocycles. The van der Waals surface area contributed by atoms with E-state index in [-0.39, 0.29) is 5.82 Å². The van der Waals surface area contributed by atoms with Crippen LogP contribution in [0.5, 0.6) is 0 Å². The Morgan fingerprint density at radius 1 is 1.47 bits per heavy atom. The van der Waals surface area contributed by atoms with Crippen LogP contribution in [0.25, 0.3) is 11.0 Å². The topological polar surface area (TPSA) is 55.1 Å². The number of carboxylic acids is 1. The third-order valence-corrected chi connectivity index (χ3v) is 2.57. The number of para-hydroxylation sites is 2. The Kier molecular flexibility index (Phi) is 2.57. The summed E-state index contributed by atoms with van der Waals surface area (Å²) >= 11 is 0. The van der Waals surface area contributed by atoms with Gasteiger partial charge in [-0.15, -0.1) is 0 Å². The molecule has 0 aliphatic carbocycles. The molecule has 1 aromatic heterocycles. The predicted octanol–water partition coefficient (Wildman–Crippen LogP) is 1.84. The van der Waals surface area contributed by atoms with Crippen LogP contribution in [0.2, 0.25) is 0 Å². The summed E-state index contributed by atoms with van der Waals surface area (Å²) in [6.45, 7) is 0. The molecule has 2 rings (SSSR count). The number of carboxylic acid groups (broad SMARTS) is 1. The van der Waals surface area contributed by atoms with Crippen LogP contribution in [0.1, 0.15) is 5.82 Å². The van der Waals surface area contributed by atoms with E-state index in [0.717, 1.165) is 0 Å². The van der Waals surface area contributed by atoms with Crippen molar-refractivity contribution < 1.29 is 18.7 Å². The van der Waals surface area contributed by atoms with Crippen molar-refractivity contribution in [1.82, 2.24) is 9.55 Å². The highest BCUT2D eigenvalue weighted by molar-refractivity contribution is 5.77. The molecule has 0 bridgehead atoms. The first kappa shape index (κ1) is 11.5. The van der Waals surface area contributed by atoms with Crippen molar-refractivity contribution in [2.75, 3.05) is 0 Å². The SMILES string of the molecule is Cn1c(CC(F)(F)C(=O)O)nc2ccccc21. The van der Waals surface area contributed by atoms with Crippen LogP contribution in [0, 0.1) is 0 Å². The Morgan fingerprint density at radius 3 is 2.71 bits per heavy atom. The highest BCUT2D eigenvalue weighted by Gasteiger charge is 2.40. The monoisotopic (exact) mass is 240 g/mol. The van der Waals surface area contributed by atoms with Crippen LogP contribution in [-0.4, -0.2) is 26.5 Å². The van der Waals surface area contributed by atoms with Gasteiger partial charge < -0.3 is 9.67 Å². The summed E-state index contributed by atoms with van der Waals surface area (Å²) in [7, 11) is 1.59. The molecule has 0 fully saturated rings. The van der Waals surface area contributed by atoms with Crippen molar-refractivity contribution in [2.24, 2.45) is 7.05 Å². The van der Waals surface area contributed by atoms with Crippen LogP contribution in [0.3, 0.4) is 0 Å². The number of fused-ring (bicyclic) bond motifs is 1. The summed E-state index contributed by atoms with van der Waals surface area (Å²) in [5.41, 5.74) is 1.27. The van der Waals surface area contributed by atoms with Gasteiger partial charge in [0.05, 0.1) is 17.5 Å². The van der Waals surface area contributed by atoms with Gasteiger partial charge in [-0.05, 0) is 12.1 Å². The van der Waals surface area contributed by atoms with E-state index in [1.165, 1.54) is 4.57 Å². The fourth-order valence-corrected chi connectivity index (χ4v) is 1.63. The second-order valence-corrected chi connectivity index (χ2v) is 3.76. The molecule has 2 aromatic rings. The molecule has 0 saturated carbocycles. The van der Waals surface area contributed by atoms with Gasteiger partial charge in [0.15, 0.2) is 0 Å². The van der Waals surface area contributed by atoms with E-state index in [4.69, 9.17) is 5.11 Å². The zero-order valence-electron chi connectivity index (χ0n) is 9.02. The average molecular weight is 240 g/mol. The van der Waals surface area contributed by atoms with Crippen LogP contribution in [0.4, 0.5) is 8.78 Å². The third-order valence-electron chi connectivity index (χ3n) is 2.57. The molecule has 4 nitrogen and oxygen atoms in total. The first-order valence-electron chi connectivity index (χ1n) is 4.93. The number of aromatic nitrogens is 2. The van der Waals surface area contributed by atoms with Crippen LogP contribution >= 0.6 is 0 Å². The van der Waals surface area contributed by atoms with Crippen molar-refractivity contribution in [1.29, 1.82) is 0 Å². The lowest BCUT2D eigenvalue weighted by Gasteiger charge is -2.10. The van der Waals surface area contributed by atoms with E-state index >= 15 is 0 Å². The standard InChI is InChI=1S/C11H10F2N2O2/c1-15-8-5-3-2-4-7(8)14-9(15)6-11(12,13)10(16)17/h2-5H,6H2,1H3,(H,16,17). The molecule has 17 heavy (non-hydrogen) atoms. The molecule has 1 N–H and O–H groups in total. The molecule has 0 unspecified atom stereocenters. The Balaban J connectivity index is 2.43. The summed E-state index contributed by atoms with van der Waals surface area (Å²) in [6.07, 6.45) is -0.909. The van der Waals surface area contributed by atoms with Gasteiger partial charge in [-0.2, -0.15) is 8.78 Å². The number of hydrogen-bond donors (Lipinski definition) is 1. The maximum absolute atomic E-state index is 13.1. The van der Waals surface area contributed by atoms with Gasteiger partial charge in [0, 0.05) is 7.05 Å². The van der Waals surface area contributed by atoms with Gasteiger partial charge in [0.2, 0.25) is 0 Å². The summed E-state index contributed by atoms with van der Waals surface area (Å²) in [4.78, 5) is 14.4. The quantitative estimate of drug-likeness (QED) is 0.890. The van der Waals surface area contributed by atoms with E-state index in [0.29, 0.717) is 11.0 Å². The molecule has 1 aromatic carbocycles. The lowest BCUT2D eigenvalue weighted by molar-refractivity contribution is -0.164. The minimum absolute atomic E-state index is 0.0543. The van der Waals surface area contributed by atoms with E-state index in [2.05, 4.69) is 4.98 Å². The zero-order chi connectivity index (χ0) is 12.6. The normalized spacial score (nSPS) is 11.9. The van der Waals surface area contributed by atoms with Crippen LogP contribution < -0.4 is 0 Å². The smallest absolute Gasteiger partial charge is 0.375 e. The Labute approximate surface area is 95.5 Å². The number of nitrogens with zero attached hydrogens (tertiary/aromatic N) is 2. The van der Waals surface area contributed by atoms with Crippen molar-refractivity contribution in [3.63, 3.8) is 0 Å². The molecule has 0 aliphatic heterocycles. The number of alkyl halides is 2. The van der Waals surface area contributed by atoms with Gasteiger partial charge in [0.25, 0.3) is 0 Å². The van der Waals surface area contributed by atoms with E-state index in [1.54, 1.807) is 31.3 Å². The first-order valence-corrected chi connectivity index (χ1v) is 4.93. The van der Waals surface area contributed by atoms with Crippen molar-refractivity contribution in [2.45, 2.75) is 12.3 Å². The number of halogens is 2. The fourth-order valence-electron chi connectivity index (χ4n) is 1.63. The maximum Gasteiger partial charge on any atom is 0.375 e. The largest absolute Gasteiger partial charge is 0.477 e. The van der Waals surface area contributed by atoms with Gasteiger partial charge in [-0.3, -0.25) is 0 Å². The van der Waals surface area contributed by atoms with Crippen molar-refractivity contribution >= 4 is 17.0 Å². The molecule has 0 radical (unpaired) electrons. The summed E-state index contributed by atoms with van der Waals surface area (Å²) in [5, 5.41) is 8.38. The second-order valence-electron chi connectivity index (χ2n) is 3.76. The Hall–Kier alpha value is -1.98. The van der Waals surface area contributed by atoms with Gasteiger partial charge >= 0.3 is 11.9 Å². The highest BCUT2D eigenvalue weighted by atomic mass is 19.3. The van der Waals surface area contributed by atoms with E-state index in [1.807, 2.05) is 0 Å². The average Bonchev–Trinajstić information content (AvgIpc) is 2.56. The Morgan fingerprint density at radius 2 is 2.12 bits per heavy atom. The molecule has 0 atom stereocenters. The number of hydrogen-bond acceptors (Lipinski definition) is 2. The van der Waals surface area contributed by atoms with Gasteiger partial charge in [0.1, 0.15) is 5.82 Å². The van der Waals surface area contributed by atoms with Crippen molar-refractivity contribution in [3.05, 3.63) is 30.1 Å². The Bertz CT molecular complexity index is 578. The lowest BCUT2D eigenvalue weighted by Crippen LogP contribution is -2.31. The minimum Gasteiger partial charge on any atom is -0.477 e. The zero-order valence-corrected chi connectivity index (χ0v) is 9.02. The van der Waals surface area contributed by atoms with Gasteiger partial charge in [-0.25, -0.2) is 9.78 Å². The molecule has 90 valence electrons. The predicted molar refractivity (Wildman–Crippen MR) is 57.0 cm³/mol. The number of imidazole rings is 1. The summed E-state index contributed by atoms with van der Waals surface area (Å²) < 4.78 is 27.7. The van der Waals surface area contributed by atoms with E-state index < -0.39 is 18.3 Å². The molecule has 1 heterocycles. The third kappa shape index (κ3) is 1.98. The number of rotatable bonds is 3. The molecule has 0 spiro atoms. The number of aliphatic carboxylic acids is 1. The highest BCUT2D eigenvalue weighted by Crippen LogP contribution is 2.22. The molecule has 0 amide bonds. The van der Waals surface area contributed by atoms with Crippen molar-refractivity contribution in [3.8, 4) is 0 Å². The first-order chi connectivity index (χ1) is 7.92. The number of benzene rings is 1. The second kappa shape index (κ2) is 3.80. The summed E-state index contributed by atoms with van der Waals surface area (Å²) in [6, 6.07) is 6.94. The van der Waals surface area contributed by atoms with Crippen LogP contribution in [0.15, 0.2) is 24.3 Å². The number of aryl methyl sites for hydroxylation is 1. The summed E-state index contributed by atoms with van der Waals surface area (Å²) in [5.74, 6) is -5.88. The maximum atomic E-state index is 13.1. The molecular weight excluding hydrogens is 230 g/mol. The van der Waals surface area contributed by atoms with E-state index in [9.17, 15) is 13.6 Å². The molecular formula is C11H10F2N2O2. The van der Waals surface area contributed by atoms with Crippen LogP contribution in [-0.2, 0) is 18.3 Å². The molecule has 0 aliphatic rings. The minimum atomic E-state index is -3.80. The number of carbonyl (C=O) groups is 1.